The summed E-state index contributed by atoms with van der Waals surface area (Å²) in [6.45, 7) is 2.94. The minimum atomic E-state index is -4.81. The van der Waals surface area contributed by atoms with Crippen LogP contribution in [0.5, 0.6) is 0 Å². The topological polar surface area (TPSA) is 58.1 Å². The molecule has 0 radical (unpaired) electrons. The van der Waals surface area contributed by atoms with Crippen LogP contribution in [0, 0.1) is 5.82 Å². The van der Waals surface area contributed by atoms with Crippen molar-refractivity contribution in [1.82, 2.24) is 15.3 Å². The maximum atomic E-state index is 15.2. The van der Waals surface area contributed by atoms with Crippen LogP contribution in [0.3, 0.4) is 0 Å². The van der Waals surface area contributed by atoms with Gasteiger partial charge in [-0.05, 0) is 60.4 Å². The first-order valence-electron chi connectivity index (χ1n) is 10.7. The lowest BCUT2D eigenvalue weighted by Crippen LogP contribution is -2.25. The fraction of sp³-hybridized carbons (Fsp3) is 0.292. The average molecular weight is 476 g/mol. The van der Waals surface area contributed by atoms with Crippen molar-refractivity contribution in [3.05, 3.63) is 82.4 Å². The van der Waals surface area contributed by atoms with Crippen LogP contribution in [0.1, 0.15) is 52.3 Å². The third-order valence-corrected chi connectivity index (χ3v) is 5.51. The van der Waals surface area contributed by atoms with E-state index in [1.165, 1.54) is 12.3 Å². The van der Waals surface area contributed by atoms with Gasteiger partial charge in [-0.3, -0.25) is 4.79 Å². The van der Waals surface area contributed by atoms with E-state index in [1.54, 1.807) is 23.1 Å². The number of nitrogens with one attached hydrogen (secondary N) is 1. The number of hydrogen-bond donors (Lipinski definition) is 1. The number of aromatic nitrogens is 2. The van der Waals surface area contributed by atoms with E-state index in [1.807, 2.05) is 6.92 Å². The summed E-state index contributed by atoms with van der Waals surface area (Å²) in [6, 6.07) is 8.09. The average Bonchev–Trinajstić information content (AvgIpc) is 3.25. The summed E-state index contributed by atoms with van der Waals surface area (Å²) in [7, 11) is 0. The highest BCUT2D eigenvalue weighted by atomic mass is 19.4. The molecule has 1 aliphatic rings. The van der Waals surface area contributed by atoms with E-state index in [-0.39, 0.29) is 17.5 Å². The van der Waals surface area contributed by atoms with Crippen molar-refractivity contribution in [1.29, 1.82) is 0 Å². The Labute approximate surface area is 192 Å². The lowest BCUT2D eigenvalue weighted by Gasteiger charge is -2.19. The zero-order chi connectivity index (χ0) is 24.5. The Kier molecular flexibility index (Phi) is 6.49. The summed E-state index contributed by atoms with van der Waals surface area (Å²) in [5.74, 6) is -1.24. The maximum Gasteiger partial charge on any atom is 0.416 e. The monoisotopic (exact) mass is 476 g/mol. The van der Waals surface area contributed by atoms with Gasteiger partial charge in [0.2, 0.25) is 5.95 Å². The zero-order valence-electron chi connectivity index (χ0n) is 18.2. The predicted molar refractivity (Wildman–Crippen MR) is 116 cm³/mol. The van der Waals surface area contributed by atoms with Crippen LogP contribution >= 0.6 is 0 Å². The highest BCUT2D eigenvalue weighted by Gasteiger charge is 2.33. The molecule has 1 N–H and O–H groups in total. The Morgan fingerprint density at radius 1 is 1.21 bits per heavy atom. The molecule has 1 unspecified atom stereocenters. The van der Waals surface area contributed by atoms with Gasteiger partial charge in [-0.2, -0.15) is 13.2 Å². The van der Waals surface area contributed by atoms with Crippen LogP contribution in [-0.2, 0) is 12.6 Å². The van der Waals surface area contributed by atoms with Gasteiger partial charge in [-0.15, -0.1) is 0 Å². The number of alkyl halides is 4. The quantitative estimate of drug-likeness (QED) is 0.476. The number of amides is 1. The van der Waals surface area contributed by atoms with Gasteiger partial charge in [0.15, 0.2) is 6.17 Å². The molecule has 0 aliphatic carbocycles. The third kappa shape index (κ3) is 4.71. The largest absolute Gasteiger partial charge is 0.416 e. The van der Waals surface area contributed by atoms with Gasteiger partial charge in [-0.1, -0.05) is 13.0 Å². The molecule has 1 amide bonds. The van der Waals surface area contributed by atoms with Gasteiger partial charge < -0.3 is 10.2 Å². The van der Waals surface area contributed by atoms with Crippen molar-refractivity contribution in [3.8, 4) is 0 Å². The first-order valence-corrected chi connectivity index (χ1v) is 10.7. The van der Waals surface area contributed by atoms with Crippen LogP contribution in [0.15, 0.2) is 48.7 Å². The minimum Gasteiger partial charge on any atom is -0.352 e. The van der Waals surface area contributed by atoms with E-state index < -0.39 is 29.3 Å². The summed E-state index contributed by atoms with van der Waals surface area (Å²) < 4.78 is 68.0. The molecule has 5 nitrogen and oxygen atoms in total. The SMILES string of the molecule is CCCNC(=O)c1cccc2c1CCN2c1nccc(C(F)c2cc(F)cc(C(F)(F)F)c2)n1. The molecular weight excluding hydrogens is 455 g/mol. The fourth-order valence-electron chi connectivity index (χ4n) is 3.91. The Morgan fingerprint density at radius 2 is 2.00 bits per heavy atom. The molecule has 178 valence electrons. The molecule has 1 aliphatic heterocycles. The van der Waals surface area contributed by atoms with Crippen LogP contribution in [-0.4, -0.2) is 29.0 Å². The first-order chi connectivity index (χ1) is 16.2. The minimum absolute atomic E-state index is 0.137. The zero-order valence-corrected chi connectivity index (χ0v) is 18.2. The lowest BCUT2D eigenvalue weighted by molar-refractivity contribution is -0.137. The van der Waals surface area contributed by atoms with E-state index in [2.05, 4.69) is 15.3 Å². The Hall–Kier alpha value is -3.56. The molecule has 0 spiro atoms. The number of carbonyl (C=O) groups excluding carboxylic acids is 1. The van der Waals surface area contributed by atoms with Gasteiger partial charge in [0.1, 0.15) is 5.82 Å². The number of carbonyl (C=O) groups is 1. The van der Waals surface area contributed by atoms with Crippen molar-refractivity contribution >= 4 is 17.5 Å². The number of benzene rings is 2. The number of fused-ring (bicyclic) bond motifs is 1. The van der Waals surface area contributed by atoms with Gasteiger partial charge in [0.05, 0.1) is 11.3 Å². The molecule has 3 aromatic rings. The molecule has 2 heterocycles. The molecule has 1 aromatic heterocycles. The van der Waals surface area contributed by atoms with E-state index in [4.69, 9.17) is 0 Å². The summed E-state index contributed by atoms with van der Waals surface area (Å²) in [5, 5.41) is 2.85. The third-order valence-electron chi connectivity index (χ3n) is 5.51. The molecule has 34 heavy (non-hydrogen) atoms. The number of nitrogens with zero attached hydrogens (tertiary/aromatic N) is 3. The maximum absolute atomic E-state index is 15.2. The van der Waals surface area contributed by atoms with Crippen LogP contribution in [0.4, 0.5) is 33.6 Å². The Balaban J connectivity index is 1.64. The van der Waals surface area contributed by atoms with Crippen molar-refractivity contribution in [2.75, 3.05) is 18.0 Å². The van der Waals surface area contributed by atoms with E-state index in [9.17, 15) is 22.4 Å². The first kappa shape index (κ1) is 23.6. The molecule has 10 heteroatoms. The fourth-order valence-corrected chi connectivity index (χ4v) is 3.91. The van der Waals surface area contributed by atoms with Crippen LogP contribution in [0.25, 0.3) is 0 Å². The molecule has 4 rings (SSSR count). The Bertz CT molecular complexity index is 1210. The van der Waals surface area contributed by atoms with Crippen molar-refractivity contribution in [2.45, 2.75) is 32.1 Å². The smallest absolute Gasteiger partial charge is 0.352 e. The highest BCUT2D eigenvalue weighted by molar-refractivity contribution is 5.98. The summed E-state index contributed by atoms with van der Waals surface area (Å²) in [4.78, 5) is 22.6. The van der Waals surface area contributed by atoms with Gasteiger partial charge in [-0.25, -0.2) is 18.7 Å². The van der Waals surface area contributed by atoms with Gasteiger partial charge in [0, 0.05) is 30.5 Å². The van der Waals surface area contributed by atoms with Crippen LogP contribution in [0.2, 0.25) is 0 Å². The normalized spacial score (nSPS) is 14.1. The summed E-state index contributed by atoms with van der Waals surface area (Å²) in [6.07, 6.45) is -4.27. The van der Waals surface area contributed by atoms with Crippen molar-refractivity contribution in [3.63, 3.8) is 0 Å². The molecular formula is C24H21F5N4O. The summed E-state index contributed by atoms with van der Waals surface area (Å²) >= 11 is 0. The number of rotatable bonds is 6. The molecule has 2 aromatic carbocycles. The number of anilines is 2. The number of halogens is 5. The van der Waals surface area contributed by atoms with E-state index in [0.717, 1.165) is 12.0 Å². The standard InChI is InChI=1S/C24H21F5N4O/c1-2-8-30-22(34)18-4-3-5-20-17(18)7-10-33(20)23-31-9-6-19(32-23)21(26)14-11-15(24(27,28)29)13-16(25)12-14/h3-6,9,11-13,21H,2,7-8,10H2,1H3,(H,30,34). The second kappa shape index (κ2) is 9.36. The van der Waals surface area contributed by atoms with Crippen molar-refractivity contribution in [2.24, 2.45) is 0 Å². The summed E-state index contributed by atoms with van der Waals surface area (Å²) in [5.41, 5.74) is 0.0700. The van der Waals surface area contributed by atoms with Crippen molar-refractivity contribution < 1.29 is 26.7 Å². The molecule has 0 bridgehead atoms. The predicted octanol–water partition coefficient (Wildman–Crippen LogP) is 5.53. The van der Waals surface area contributed by atoms with Gasteiger partial charge in [0.25, 0.3) is 5.91 Å². The van der Waals surface area contributed by atoms with E-state index >= 15 is 4.39 Å². The molecule has 0 saturated heterocycles. The van der Waals surface area contributed by atoms with E-state index in [0.29, 0.717) is 49.0 Å². The Morgan fingerprint density at radius 3 is 2.74 bits per heavy atom. The van der Waals surface area contributed by atoms with Crippen LogP contribution < -0.4 is 10.2 Å². The highest BCUT2D eigenvalue weighted by Crippen LogP contribution is 2.37. The number of hydrogen-bond acceptors (Lipinski definition) is 4. The molecule has 0 saturated carbocycles. The second-order valence-corrected chi connectivity index (χ2v) is 7.88. The molecule has 1 atom stereocenters. The lowest BCUT2D eigenvalue weighted by atomic mass is 10.0. The van der Waals surface area contributed by atoms with Gasteiger partial charge >= 0.3 is 6.18 Å². The molecule has 0 fully saturated rings. The second-order valence-electron chi connectivity index (χ2n) is 7.88.